The molecule has 0 fully saturated rings. The van der Waals surface area contributed by atoms with Crippen LogP contribution in [0.1, 0.15) is 48.7 Å². The molecule has 0 aromatic heterocycles. The molecular formula is C18H27NO6S. The fourth-order valence-corrected chi connectivity index (χ4v) is 2.98. The van der Waals surface area contributed by atoms with E-state index in [-0.39, 0.29) is 23.5 Å². The van der Waals surface area contributed by atoms with E-state index in [1.807, 2.05) is 20.8 Å². The lowest BCUT2D eigenvalue weighted by Gasteiger charge is -2.22. The minimum atomic E-state index is -3.49. The molecule has 146 valence electrons. The predicted octanol–water partition coefficient (Wildman–Crippen LogP) is 2.10. The van der Waals surface area contributed by atoms with Gasteiger partial charge in [0, 0.05) is 24.8 Å². The predicted molar refractivity (Wildman–Crippen MR) is 98.2 cm³/mol. The van der Waals surface area contributed by atoms with E-state index in [1.54, 1.807) is 13.8 Å². The third kappa shape index (κ3) is 6.42. The smallest absolute Gasteiger partial charge is 0.326 e. The summed E-state index contributed by atoms with van der Waals surface area (Å²) in [6.07, 6.45) is 1.16. The third-order valence-electron chi connectivity index (χ3n) is 3.86. The van der Waals surface area contributed by atoms with Gasteiger partial charge in [-0.25, -0.2) is 13.2 Å². The van der Waals surface area contributed by atoms with Gasteiger partial charge < -0.3 is 15.2 Å². The van der Waals surface area contributed by atoms with Gasteiger partial charge >= 0.3 is 5.97 Å². The van der Waals surface area contributed by atoms with Crippen LogP contribution in [0.5, 0.6) is 0 Å². The van der Waals surface area contributed by atoms with Crippen molar-refractivity contribution in [2.24, 2.45) is 0 Å². The number of sulfone groups is 1. The van der Waals surface area contributed by atoms with Crippen molar-refractivity contribution in [3.05, 3.63) is 28.8 Å². The Morgan fingerprint density at radius 2 is 1.81 bits per heavy atom. The first-order valence-electron chi connectivity index (χ1n) is 8.21. The highest BCUT2D eigenvalue weighted by Gasteiger charge is 2.24. The van der Waals surface area contributed by atoms with Crippen LogP contribution in [-0.2, 0) is 19.4 Å². The van der Waals surface area contributed by atoms with Crippen LogP contribution in [0.2, 0.25) is 0 Å². The molecule has 0 bridgehead atoms. The van der Waals surface area contributed by atoms with Gasteiger partial charge in [-0.15, -0.1) is 0 Å². The van der Waals surface area contributed by atoms with Crippen molar-refractivity contribution >= 4 is 21.7 Å². The first-order chi connectivity index (χ1) is 11.7. The van der Waals surface area contributed by atoms with Crippen molar-refractivity contribution in [1.82, 2.24) is 5.32 Å². The van der Waals surface area contributed by atoms with E-state index in [9.17, 15) is 23.1 Å². The fourth-order valence-electron chi connectivity index (χ4n) is 2.25. The number of hydrogen-bond acceptors (Lipinski definition) is 5. The van der Waals surface area contributed by atoms with E-state index in [4.69, 9.17) is 4.74 Å². The molecule has 0 aliphatic carbocycles. The average molecular weight is 385 g/mol. The molecule has 0 aliphatic rings. The van der Waals surface area contributed by atoms with Crippen LogP contribution in [0.15, 0.2) is 17.0 Å². The topological polar surface area (TPSA) is 110 Å². The first-order valence-corrected chi connectivity index (χ1v) is 10.1. The second-order valence-corrected chi connectivity index (χ2v) is 9.31. The fraction of sp³-hybridized carbons (Fsp3) is 0.556. The summed E-state index contributed by atoms with van der Waals surface area (Å²) in [6, 6.07) is 1.64. The second kappa shape index (κ2) is 8.18. The van der Waals surface area contributed by atoms with Gasteiger partial charge in [0.2, 0.25) is 0 Å². The highest BCUT2D eigenvalue weighted by Crippen LogP contribution is 2.20. The molecule has 2 N–H and O–H groups in total. The van der Waals surface area contributed by atoms with Crippen LogP contribution in [0, 0.1) is 13.8 Å². The summed E-state index contributed by atoms with van der Waals surface area (Å²) in [6.45, 7) is 9.11. The number of aryl methyl sites for hydroxylation is 1. The Balaban J connectivity index is 3.03. The van der Waals surface area contributed by atoms with E-state index >= 15 is 0 Å². The van der Waals surface area contributed by atoms with Crippen molar-refractivity contribution in [2.75, 3.05) is 12.9 Å². The highest BCUT2D eigenvalue weighted by molar-refractivity contribution is 7.90. The summed E-state index contributed by atoms with van der Waals surface area (Å²) >= 11 is 0. The Morgan fingerprint density at radius 3 is 2.27 bits per heavy atom. The lowest BCUT2D eigenvalue weighted by molar-refractivity contribution is -0.140. The van der Waals surface area contributed by atoms with Crippen molar-refractivity contribution in [1.29, 1.82) is 0 Å². The zero-order chi connectivity index (χ0) is 20.3. The molecule has 1 unspecified atom stereocenters. The number of carboxylic acids is 1. The van der Waals surface area contributed by atoms with Crippen LogP contribution >= 0.6 is 0 Å². The first kappa shape index (κ1) is 22.1. The normalized spacial score (nSPS) is 13.3. The number of carbonyl (C=O) groups excluding carboxylic acids is 1. The van der Waals surface area contributed by atoms with Crippen LogP contribution in [0.3, 0.4) is 0 Å². The molecule has 0 aliphatic heterocycles. The molecule has 1 amide bonds. The van der Waals surface area contributed by atoms with Gasteiger partial charge in [-0.05, 0) is 57.9 Å². The highest BCUT2D eigenvalue weighted by atomic mass is 32.2. The zero-order valence-electron chi connectivity index (χ0n) is 16.0. The minimum Gasteiger partial charge on any atom is -0.480 e. The maximum Gasteiger partial charge on any atom is 0.326 e. The minimum absolute atomic E-state index is 0.0219. The number of carboxylic acid groups (broad SMARTS) is 1. The average Bonchev–Trinajstić information content (AvgIpc) is 2.46. The maximum atomic E-state index is 12.6. The molecule has 0 spiro atoms. The second-order valence-electron chi connectivity index (χ2n) is 7.30. The Hall–Kier alpha value is -1.93. The Kier molecular flexibility index (Phi) is 6.95. The Labute approximate surface area is 154 Å². The van der Waals surface area contributed by atoms with Gasteiger partial charge in [-0.2, -0.15) is 0 Å². The molecule has 0 heterocycles. The molecule has 1 aromatic carbocycles. The summed E-state index contributed by atoms with van der Waals surface area (Å²) in [5, 5.41) is 11.8. The van der Waals surface area contributed by atoms with E-state index in [1.165, 1.54) is 12.1 Å². The molecule has 0 saturated heterocycles. The Morgan fingerprint density at radius 1 is 1.23 bits per heavy atom. The number of rotatable bonds is 7. The van der Waals surface area contributed by atoms with Gasteiger partial charge in [0.25, 0.3) is 5.91 Å². The Bertz CT molecular complexity index is 793. The maximum absolute atomic E-state index is 12.6. The molecular weight excluding hydrogens is 358 g/mol. The number of amides is 1. The summed E-state index contributed by atoms with van der Waals surface area (Å²) in [5.41, 5.74) is 0.976. The largest absolute Gasteiger partial charge is 0.480 e. The quantitative estimate of drug-likeness (QED) is 0.744. The van der Waals surface area contributed by atoms with Gasteiger partial charge in [0.15, 0.2) is 9.84 Å². The molecule has 1 atom stereocenters. The monoisotopic (exact) mass is 385 g/mol. The van der Waals surface area contributed by atoms with Crippen LogP contribution in [0.25, 0.3) is 0 Å². The number of hydrogen-bond donors (Lipinski definition) is 2. The van der Waals surface area contributed by atoms with Crippen molar-refractivity contribution < 1.29 is 27.9 Å². The van der Waals surface area contributed by atoms with E-state index in [0.29, 0.717) is 11.1 Å². The van der Waals surface area contributed by atoms with Crippen LogP contribution < -0.4 is 5.32 Å². The molecule has 26 heavy (non-hydrogen) atoms. The van der Waals surface area contributed by atoms with E-state index in [0.717, 1.165) is 6.26 Å². The number of aliphatic carboxylic acids is 1. The van der Waals surface area contributed by atoms with Gasteiger partial charge in [-0.3, -0.25) is 4.79 Å². The van der Waals surface area contributed by atoms with Crippen molar-refractivity contribution in [3.63, 3.8) is 0 Å². The van der Waals surface area contributed by atoms with Crippen molar-refractivity contribution in [3.8, 4) is 0 Å². The van der Waals surface area contributed by atoms with Crippen LogP contribution in [-0.4, -0.2) is 49.9 Å². The standard InChI is InChI=1S/C18H27NO6S/c1-11-9-13(26(6,23)24)10-14(12(11)2)16(20)19-15(17(21)22)7-8-25-18(3,4)5/h9-10,15H,7-8H2,1-6H3,(H,19,20)(H,21,22). The van der Waals surface area contributed by atoms with E-state index < -0.39 is 33.4 Å². The van der Waals surface area contributed by atoms with Gasteiger partial charge in [0.1, 0.15) is 6.04 Å². The van der Waals surface area contributed by atoms with Crippen molar-refractivity contribution in [2.45, 2.75) is 57.6 Å². The number of nitrogens with one attached hydrogen (secondary N) is 1. The molecule has 8 heteroatoms. The van der Waals surface area contributed by atoms with Gasteiger partial charge in [0.05, 0.1) is 10.5 Å². The molecule has 1 aromatic rings. The molecule has 7 nitrogen and oxygen atoms in total. The number of benzene rings is 1. The lowest BCUT2D eigenvalue weighted by atomic mass is 10.0. The van der Waals surface area contributed by atoms with Gasteiger partial charge in [-0.1, -0.05) is 0 Å². The molecule has 0 radical (unpaired) electrons. The molecule has 0 saturated carbocycles. The summed E-state index contributed by atoms with van der Waals surface area (Å²) in [4.78, 5) is 24.0. The van der Waals surface area contributed by atoms with Crippen LogP contribution in [0.4, 0.5) is 0 Å². The number of ether oxygens (including phenoxy) is 1. The third-order valence-corrected chi connectivity index (χ3v) is 4.95. The summed E-state index contributed by atoms with van der Waals surface area (Å²) in [5.74, 6) is -1.80. The molecule has 1 rings (SSSR count). The summed E-state index contributed by atoms with van der Waals surface area (Å²) in [7, 11) is -3.49. The zero-order valence-corrected chi connectivity index (χ0v) is 16.9. The lowest BCUT2D eigenvalue weighted by Crippen LogP contribution is -2.42. The van der Waals surface area contributed by atoms with E-state index in [2.05, 4.69) is 5.32 Å². The SMILES string of the molecule is Cc1cc(S(C)(=O)=O)cc(C(=O)NC(CCOC(C)(C)C)C(=O)O)c1C. The number of carbonyl (C=O) groups is 2. The summed E-state index contributed by atoms with van der Waals surface area (Å²) < 4.78 is 29.1.